The van der Waals surface area contributed by atoms with Crippen LogP contribution in [0.25, 0.3) is 0 Å². The van der Waals surface area contributed by atoms with E-state index in [1.165, 1.54) is 19.1 Å². The molecule has 0 aromatic heterocycles. The van der Waals surface area contributed by atoms with Crippen LogP contribution < -0.4 is 10.2 Å². The molecule has 2 heterocycles. The SMILES string of the molecule is COC(=O)C1=C(C(=O)OC)N(c2ccc3c(c2)NC(=O)CC3(C)C)COC1. The largest absolute Gasteiger partial charge is 0.466 e. The third-order valence-electron chi connectivity index (χ3n) is 4.75. The van der Waals surface area contributed by atoms with E-state index in [2.05, 4.69) is 5.32 Å². The summed E-state index contributed by atoms with van der Waals surface area (Å²) in [5, 5.41) is 2.87. The molecule has 0 fully saturated rings. The van der Waals surface area contributed by atoms with Gasteiger partial charge in [-0.2, -0.15) is 0 Å². The number of esters is 2. The third-order valence-corrected chi connectivity index (χ3v) is 4.75. The average molecular weight is 374 g/mol. The first-order chi connectivity index (χ1) is 12.8. The summed E-state index contributed by atoms with van der Waals surface area (Å²) in [6.07, 6.45) is 0.395. The zero-order valence-electron chi connectivity index (χ0n) is 15.8. The maximum atomic E-state index is 12.4. The van der Waals surface area contributed by atoms with Crippen LogP contribution in [-0.2, 0) is 34.0 Å². The molecule has 0 saturated heterocycles. The molecule has 144 valence electrons. The van der Waals surface area contributed by atoms with Crippen molar-refractivity contribution >= 4 is 29.2 Å². The normalized spacial score (nSPS) is 18.5. The Bertz CT molecular complexity index is 843. The van der Waals surface area contributed by atoms with Crippen molar-refractivity contribution in [2.75, 3.05) is 37.8 Å². The molecular weight excluding hydrogens is 352 g/mol. The Kier molecular flexibility index (Phi) is 4.93. The lowest BCUT2D eigenvalue weighted by Gasteiger charge is -2.35. The summed E-state index contributed by atoms with van der Waals surface area (Å²) >= 11 is 0. The molecule has 0 unspecified atom stereocenters. The molecule has 8 nitrogen and oxygen atoms in total. The van der Waals surface area contributed by atoms with E-state index >= 15 is 0 Å². The summed E-state index contributed by atoms with van der Waals surface area (Å²) < 4.78 is 15.1. The molecule has 3 rings (SSSR count). The molecule has 2 aliphatic rings. The third kappa shape index (κ3) is 3.40. The molecule has 8 heteroatoms. The van der Waals surface area contributed by atoms with Gasteiger partial charge in [0.1, 0.15) is 12.4 Å². The first kappa shape index (κ1) is 18.9. The number of methoxy groups -OCH3 is 2. The maximum Gasteiger partial charge on any atom is 0.355 e. The van der Waals surface area contributed by atoms with Gasteiger partial charge in [-0.15, -0.1) is 0 Å². The molecule has 0 aliphatic carbocycles. The second-order valence-electron chi connectivity index (χ2n) is 7.05. The number of carbonyl (C=O) groups excluding carboxylic acids is 3. The fourth-order valence-corrected chi connectivity index (χ4v) is 3.43. The van der Waals surface area contributed by atoms with Gasteiger partial charge >= 0.3 is 11.9 Å². The van der Waals surface area contributed by atoms with E-state index in [-0.39, 0.29) is 35.9 Å². The number of anilines is 2. The highest BCUT2D eigenvalue weighted by Gasteiger charge is 2.35. The molecule has 2 aliphatic heterocycles. The van der Waals surface area contributed by atoms with Crippen LogP contribution in [0.2, 0.25) is 0 Å². The molecular formula is C19H22N2O6. The van der Waals surface area contributed by atoms with E-state index < -0.39 is 11.9 Å². The predicted octanol–water partition coefficient (Wildman–Crippen LogP) is 1.70. The van der Waals surface area contributed by atoms with Gasteiger partial charge in [-0.3, -0.25) is 4.79 Å². The standard InChI is InChI=1S/C19H22N2O6/c1-19(2)8-15(22)20-14-7-11(5-6-13(14)19)21-10-27-9-12(17(23)25-3)16(21)18(24)26-4/h5-7H,8-10H2,1-4H3,(H,20,22). The number of carbonyl (C=O) groups is 3. The van der Waals surface area contributed by atoms with Crippen molar-refractivity contribution in [3.63, 3.8) is 0 Å². The Labute approximate surface area is 157 Å². The Morgan fingerprint density at radius 2 is 1.89 bits per heavy atom. The molecule has 1 amide bonds. The van der Waals surface area contributed by atoms with E-state index in [1.54, 1.807) is 6.07 Å². The summed E-state index contributed by atoms with van der Waals surface area (Å²) in [4.78, 5) is 38.0. The minimum atomic E-state index is -0.666. The van der Waals surface area contributed by atoms with Crippen molar-refractivity contribution in [3.8, 4) is 0 Å². The van der Waals surface area contributed by atoms with Crippen LogP contribution in [0.5, 0.6) is 0 Å². The summed E-state index contributed by atoms with van der Waals surface area (Å²) in [6.45, 7) is 4.01. The average Bonchev–Trinajstić information content (AvgIpc) is 2.64. The monoisotopic (exact) mass is 374 g/mol. The number of benzene rings is 1. The quantitative estimate of drug-likeness (QED) is 0.805. The number of nitrogens with one attached hydrogen (secondary N) is 1. The van der Waals surface area contributed by atoms with Crippen LogP contribution in [0.1, 0.15) is 25.8 Å². The van der Waals surface area contributed by atoms with Crippen LogP contribution in [0.4, 0.5) is 11.4 Å². The predicted molar refractivity (Wildman–Crippen MR) is 97.1 cm³/mol. The van der Waals surface area contributed by atoms with E-state index in [0.29, 0.717) is 17.8 Å². The highest BCUT2D eigenvalue weighted by molar-refractivity contribution is 6.04. The number of rotatable bonds is 3. The van der Waals surface area contributed by atoms with E-state index in [1.807, 2.05) is 26.0 Å². The second kappa shape index (κ2) is 7.03. The number of hydrogen-bond acceptors (Lipinski definition) is 7. The van der Waals surface area contributed by atoms with Crippen LogP contribution >= 0.6 is 0 Å². The zero-order chi connectivity index (χ0) is 19.8. The molecule has 1 aromatic carbocycles. The molecule has 0 bridgehead atoms. The summed E-state index contributed by atoms with van der Waals surface area (Å²) in [7, 11) is 2.48. The first-order valence-corrected chi connectivity index (χ1v) is 8.48. The van der Waals surface area contributed by atoms with Gasteiger partial charge in [0, 0.05) is 23.2 Å². The van der Waals surface area contributed by atoms with Gasteiger partial charge in [0.25, 0.3) is 0 Å². The lowest BCUT2D eigenvalue weighted by atomic mass is 9.78. The van der Waals surface area contributed by atoms with Gasteiger partial charge in [-0.05, 0) is 17.7 Å². The molecule has 0 radical (unpaired) electrons. The van der Waals surface area contributed by atoms with Crippen molar-refractivity contribution < 1.29 is 28.6 Å². The van der Waals surface area contributed by atoms with Crippen molar-refractivity contribution in [3.05, 3.63) is 35.0 Å². The highest BCUT2D eigenvalue weighted by atomic mass is 16.5. The summed E-state index contributed by atoms with van der Waals surface area (Å²) in [5.41, 5.74) is 2.11. The van der Waals surface area contributed by atoms with Crippen molar-refractivity contribution in [2.24, 2.45) is 0 Å². The van der Waals surface area contributed by atoms with Crippen molar-refractivity contribution in [2.45, 2.75) is 25.7 Å². The minimum absolute atomic E-state index is 0.0533. The highest BCUT2D eigenvalue weighted by Crippen LogP contribution is 2.40. The van der Waals surface area contributed by atoms with E-state index in [9.17, 15) is 14.4 Å². The first-order valence-electron chi connectivity index (χ1n) is 8.48. The fraction of sp³-hybridized carbons (Fsp3) is 0.421. The second-order valence-corrected chi connectivity index (χ2v) is 7.05. The van der Waals surface area contributed by atoms with Crippen LogP contribution in [0.15, 0.2) is 29.5 Å². The molecule has 0 atom stereocenters. The lowest BCUT2D eigenvalue weighted by Crippen LogP contribution is -2.39. The topological polar surface area (TPSA) is 94.2 Å². The zero-order valence-corrected chi connectivity index (χ0v) is 15.8. The molecule has 0 spiro atoms. The molecule has 1 aromatic rings. The Hall–Kier alpha value is -2.87. The number of fused-ring (bicyclic) bond motifs is 1. The van der Waals surface area contributed by atoms with Gasteiger partial charge in [0.15, 0.2) is 0 Å². The van der Waals surface area contributed by atoms with Gasteiger partial charge in [0.05, 0.1) is 26.4 Å². The van der Waals surface area contributed by atoms with E-state index in [0.717, 1.165) is 5.56 Å². The summed E-state index contributed by atoms with van der Waals surface area (Å²) in [5.74, 6) is -1.40. The van der Waals surface area contributed by atoms with Gasteiger partial charge in [0.2, 0.25) is 5.91 Å². The van der Waals surface area contributed by atoms with Crippen LogP contribution in [0, 0.1) is 0 Å². The lowest BCUT2D eigenvalue weighted by molar-refractivity contribution is -0.140. The Morgan fingerprint density at radius 1 is 1.19 bits per heavy atom. The van der Waals surface area contributed by atoms with Crippen molar-refractivity contribution in [1.82, 2.24) is 0 Å². The van der Waals surface area contributed by atoms with Gasteiger partial charge < -0.3 is 24.4 Å². The number of ether oxygens (including phenoxy) is 3. The molecule has 1 N–H and O–H groups in total. The molecule has 0 saturated carbocycles. The fourth-order valence-electron chi connectivity index (χ4n) is 3.43. The minimum Gasteiger partial charge on any atom is -0.466 e. The number of hydrogen-bond donors (Lipinski definition) is 1. The van der Waals surface area contributed by atoms with Crippen LogP contribution in [-0.4, -0.2) is 45.4 Å². The Morgan fingerprint density at radius 3 is 2.56 bits per heavy atom. The smallest absolute Gasteiger partial charge is 0.355 e. The van der Waals surface area contributed by atoms with Crippen LogP contribution in [0.3, 0.4) is 0 Å². The van der Waals surface area contributed by atoms with Gasteiger partial charge in [-0.25, -0.2) is 9.59 Å². The maximum absolute atomic E-state index is 12.4. The summed E-state index contributed by atoms with van der Waals surface area (Å²) in [6, 6.07) is 5.50. The van der Waals surface area contributed by atoms with Crippen molar-refractivity contribution in [1.29, 1.82) is 0 Å². The number of nitrogens with zero attached hydrogens (tertiary/aromatic N) is 1. The number of amides is 1. The van der Waals surface area contributed by atoms with Gasteiger partial charge in [-0.1, -0.05) is 19.9 Å². The van der Waals surface area contributed by atoms with E-state index in [4.69, 9.17) is 14.2 Å². The Balaban J connectivity index is 2.09. The molecule has 27 heavy (non-hydrogen) atoms.